The van der Waals surface area contributed by atoms with Crippen molar-refractivity contribution in [3.8, 4) is 0 Å². The molecular formula is C15H21N3O3. The van der Waals surface area contributed by atoms with Gasteiger partial charge in [-0.1, -0.05) is 0 Å². The molecule has 1 aromatic rings. The van der Waals surface area contributed by atoms with Gasteiger partial charge in [0.05, 0.1) is 30.7 Å². The van der Waals surface area contributed by atoms with Crippen LogP contribution in [0.2, 0.25) is 0 Å². The highest BCUT2D eigenvalue weighted by Gasteiger charge is 2.24. The summed E-state index contributed by atoms with van der Waals surface area (Å²) in [7, 11) is 1.39. The first-order valence-electron chi connectivity index (χ1n) is 7.38. The Morgan fingerprint density at radius 2 is 2.14 bits per heavy atom. The molecule has 0 N–H and O–H groups in total. The van der Waals surface area contributed by atoms with Crippen molar-refractivity contribution in [2.24, 2.45) is 0 Å². The molecule has 2 saturated heterocycles. The molecule has 0 radical (unpaired) electrons. The number of ether oxygens (including phenoxy) is 2. The van der Waals surface area contributed by atoms with Crippen molar-refractivity contribution in [3.63, 3.8) is 0 Å². The fourth-order valence-electron chi connectivity index (χ4n) is 2.74. The number of piperazine rings is 1. The zero-order valence-corrected chi connectivity index (χ0v) is 12.3. The van der Waals surface area contributed by atoms with E-state index in [1.807, 2.05) is 6.07 Å². The van der Waals surface area contributed by atoms with Crippen LogP contribution >= 0.6 is 0 Å². The van der Waals surface area contributed by atoms with Crippen molar-refractivity contribution >= 4 is 11.7 Å². The number of anilines is 1. The lowest BCUT2D eigenvalue weighted by Gasteiger charge is -2.39. The molecule has 0 aromatic carbocycles. The van der Waals surface area contributed by atoms with Gasteiger partial charge in [0.1, 0.15) is 0 Å². The van der Waals surface area contributed by atoms with Crippen LogP contribution in [-0.4, -0.2) is 68.4 Å². The minimum absolute atomic E-state index is 0.342. The number of rotatable bonds is 4. The third-order valence-electron chi connectivity index (χ3n) is 4.14. The smallest absolute Gasteiger partial charge is 0.339 e. The highest BCUT2D eigenvalue weighted by atomic mass is 16.5. The van der Waals surface area contributed by atoms with E-state index in [-0.39, 0.29) is 5.97 Å². The zero-order chi connectivity index (χ0) is 14.7. The molecule has 3 rings (SSSR count). The van der Waals surface area contributed by atoms with Crippen molar-refractivity contribution < 1.29 is 14.3 Å². The quantitative estimate of drug-likeness (QED) is 0.764. The SMILES string of the molecule is COC(=O)c1cncc(N2CCN(C[C@@H]3CCO3)CC2)c1. The Hall–Kier alpha value is -1.66. The van der Waals surface area contributed by atoms with E-state index >= 15 is 0 Å². The summed E-state index contributed by atoms with van der Waals surface area (Å²) in [5, 5.41) is 0. The summed E-state index contributed by atoms with van der Waals surface area (Å²) in [5.41, 5.74) is 1.48. The van der Waals surface area contributed by atoms with Crippen LogP contribution in [0.5, 0.6) is 0 Å². The van der Waals surface area contributed by atoms with E-state index in [4.69, 9.17) is 9.47 Å². The summed E-state index contributed by atoms with van der Waals surface area (Å²) in [4.78, 5) is 20.4. The molecule has 21 heavy (non-hydrogen) atoms. The van der Waals surface area contributed by atoms with Crippen LogP contribution in [0.15, 0.2) is 18.5 Å². The Kier molecular flexibility index (Phi) is 4.36. The van der Waals surface area contributed by atoms with Crippen LogP contribution in [-0.2, 0) is 9.47 Å². The molecule has 2 aliphatic heterocycles. The lowest BCUT2D eigenvalue weighted by molar-refractivity contribution is -0.0671. The van der Waals surface area contributed by atoms with Gasteiger partial charge in [-0.2, -0.15) is 0 Å². The average molecular weight is 291 g/mol. The van der Waals surface area contributed by atoms with Crippen LogP contribution < -0.4 is 4.90 Å². The maximum Gasteiger partial charge on any atom is 0.339 e. The van der Waals surface area contributed by atoms with Crippen LogP contribution in [0.25, 0.3) is 0 Å². The molecular weight excluding hydrogens is 270 g/mol. The summed E-state index contributed by atoms with van der Waals surface area (Å²) in [6, 6.07) is 1.85. The second-order valence-electron chi connectivity index (χ2n) is 5.49. The van der Waals surface area contributed by atoms with E-state index in [1.165, 1.54) is 13.5 Å². The first-order valence-corrected chi connectivity index (χ1v) is 7.38. The summed E-state index contributed by atoms with van der Waals surface area (Å²) in [5.74, 6) is -0.342. The van der Waals surface area contributed by atoms with Gasteiger partial charge in [-0.25, -0.2) is 4.79 Å². The Morgan fingerprint density at radius 1 is 1.38 bits per heavy atom. The topological polar surface area (TPSA) is 54.9 Å². The van der Waals surface area contributed by atoms with Crippen LogP contribution in [0.3, 0.4) is 0 Å². The molecule has 2 aliphatic rings. The number of esters is 1. The molecule has 1 aromatic heterocycles. The Balaban J connectivity index is 1.57. The van der Waals surface area contributed by atoms with Crippen LogP contribution in [0.1, 0.15) is 16.8 Å². The maximum atomic E-state index is 11.6. The van der Waals surface area contributed by atoms with Crippen molar-refractivity contribution in [2.75, 3.05) is 51.3 Å². The molecule has 0 saturated carbocycles. The van der Waals surface area contributed by atoms with Gasteiger partial charge in [0.15, 0.2) is 0 Å². The summed E-state index contributed by atoms with van der Waals surface area (Å²) >= 11 is 0. The predicted octanol–water partition coefficient (Wildman–Crippen LogP) is 0.779. The van der Waals surface area contributed by atoms with Crippen molar-refractivity contribution in [1.82, 2.24) is 9.88 Å². The number of aromatic nitrogens is 1. The number of hydrogen-bond donors (Lipinski definition) is 0. The zero-order valence-electron chi connectivity index (χ0n) is 12.3. The lowest BCUT2D eigenvalue weighted by Crippen LogP contribution is -2.50. The molecule has 0 amide bonds. The number of nitrogens with zero attached hydrogens (tertiary/aromatic N) is 3. The molecule has 2 fully saturated rings. The minimum Gasteiger partial charge on any atom is -0.465 e. The summed E-state index contributed by atoms with van der Waals surface area (Å²) < 4.78 is 10.2. The van der Waals surface area contributed by atoms with E-state index in [2.05, 4.69) is 14.8 Å². The van der Waals surface area contributed by atoms with Gasteiger partial charge in [0.2, 0.25) is 0 Å². The fraction of sp³-hybridized carbons (Fsp3) is 0.600. The monoisotopic (exact) mass is 291 g/mol. The van der Waals surface area contributed by atoms with Gasteiger partial charge in [0, 0.05) is 45.5 Å². The minimum atomic E-state index is -0.342. The number of hydrogen-bond acceptors (Lipinski definition) is 6. The third-order valence-corrected chi connectivity index (χ3v) is 4.14. The molecule has 0 spiro atoms. The second-order valence-corrected chi connectivity index (χ2v) is 5.49. The number of carbonyl (C=O) groups is 1. The molecule has 3 heterocycles. The standard InChI is InChI=1S/C15H21N3O3/c1-20-15(19)12-8-13(10-16-9-12)18-5-3-17(4-6-18)11-14-2-7-21-14/h8-10,14H,2-7,11H2,1H3/t14-/m0/s1. The van der Waals surface area contributed by atoms with Crippen molar-refractivity contribution in [1.29, 1.82) is 0 Å². The van der Waals surface area contributed by atoms with Gasteiger partial charge in [-0.3, -0.25) is 9.88 Å². The first-order chi connectivity index (χ1) is 10.3. The van der Waals surface area contributed by atoms with Crippen molar-refractivity contribution in [3.05, 3.63) is 24.0 Å². The van der Waals surface area contributed by atoms with Gasteiger partial charge in [-0.15, -0.1) is 0 Å². The van der Waals surface area contributed by atoms with Crippen LogP contribution in [0.4, 0.5) is 5.69 Å². The van der Waals surface area contributed by atoms with Gasteiger partial charge in [0.25, 0.3) is 0 Å². The molecule has 0 bridgehead atoms. The highest BCUT2D eigenvalue weighted by Crippen LogP contribution is 2.19. The second kappa shape index (κ2) is 6.41. The number of carbonyl (C=O) groups excluding carboxylic acids is 1. The normalized spacial score (nSPS) is 22.7. The first kappa shape index (κ1) is 14.3. The van der Waals surface area contributed by atoms with Gasteiger partial charge in [-0.05, 0) is 12.5 Å². The molecule has 6 heteroatoms. The lowest BCUT2D eigenvalue weighted by atomic mass is 10.1. The van der Waals surface area contributed by atoms with E-state index < -0.39 is 0 Å². The molecule has 114 valence electrons. The number of pyridine rings is 1. The van der Waals surface area contributed by atoms with Gasteiger partial charge >= 0.3 is 5.97 Å². The largest absolute Gasteiger partial charge is 0.465 e. The van der Waals surface area contributed by atoms with E-state index in [1.54, 1.807) is 12.4 Å². The van der Waals surface area contributed by atoms with Crippen LogP contribution in [0, 0.1) is 0 Å². The molecule has 0 unspecified atom stereocenters. The average Bonchev–Trinajstić information content (AvgIpc) is 2.51. The molecule has 6 nitrogen and oxygen atoms in total. The van der Waals surface area contributed by atoms with Crippen molar-refractivity contribution in [2.45, 2.75) is 12.5 Å². The maximum absolute atomic E-state index is 11.6. The predicted molar refractivity (Wildman–Crippen MR) is 78.6 cm³/mol. The Labute approximate surface area is 124 Å². The number of methoxy groups -OCH3 is 1. The summed E-state index contributed by atoms with van der Waals surface area (Å²) in [6.45, 7) is 5.87. The fourth-order valence-corrected chi connectivity index (χ4v) is 2.74. The molecule has 0 aliphatic carbocycles. The Bertz CT molecular complexity index is 497. The van der Waals surface area contributed by atoms with E-state index in [9.17, 15) is 4.79 Å². The molecule has 1 atom stereocenters. The Morgan fingerprint density at radius 3 is 2.76 bits per heavy atom. The van der Waals surface area contributed by atoms with E-state index in [0.717, 1.165) is 45.0 Å². The third kappa shape index (κ3) is 3.33. The van der Waals surface area contributed by atoms with E-state index in [0.29, 0.717) is 11.7 Å². The van der Waals surface area contributed by atoms with Gasteiger partial charge < -0.3 is 14.4 Å². The summed E-state index contributed by atoms with van der Waals surface area (Å²) in [6.07, 6.45) is 4.96. The highest BCUT2D eigenvalue weighted by molar-refractivity contribution is 5.89.